The van der Waals surface area contributed by atoms with E-state index in [4.69, 9.17) is 4.74 Å². The van der Waals surface area contributed by atoms with E-state index in [1.54, 1.807) is 6.08 Å². The van der Waals surface area contributed by atoms with E-state index in [0.29, 0.717) is 30.1 Å². The van der Waals surface area contributed by atoms with Gasteiger partial charge in [-0.15, -0.1) is 16.8 Å². The number of nitrogens with zero attached hydrogens (tertiary/aromatic N) is 3. The quantitative estimate of drug-likeness (QED) is 0.326. The SMILES string of the molecule is C=CCn1c(COc2c(C)cccc2C)nnc1SCC(=O)Nc1ccccc1C(C)C. The molecule has 0 aliphatic carbocycles. The maximum Gasteiger partial charge on any atom is 0.234 e. The van der Waals surface area contributed by atoms with E-state index in [1.165, 1.54) is 11.8 Å². The second-order valence-electron chi connectivity index (χ2n) is 7.89. The Morgan fingerprint density at radius 1 is 1.16 bits per heavy atom. The zero-order chi connectivity index (χ0) is 23.1. The van der Waals surface area contributed by atoms with Crippen molar-refractivity contribution in [1.29, 1.82) is 0 Å². The maximum absolute atomic E-state index is 12.6. The van der Waals surface area contributed by atoms with Crippen molar-refractivity contribution in [2.75, 3.05) is 11.1 Å². The Bertz CT molecular complexity index is 1070. The lowest BCUT2D eigenvalue weighted by atomic mass is 10.0. The molecule has 0 unspecified atom stereocenters. The highest BCUT2D eigenvalue weighted by molar-refractivity contribution is 7.99. The van der Waals surface area contributed by atoms with Gasteiger partial charge < -0.3 is 10.1 Å². The molecule has 0 spiro atoms. The molecule has 1 heterocycles. The zero-order valence-electron chi connectivity index (χ0n) is 19.1. The van der Waals surface area contributed by atoms with E-state index in [-0.39, 0.29) is 11.7 Å². The lowest BCUT2D eigenvalue weighted by Crippen LogP contribution is -2.16. The molecule has 2 aromatic carbocycles. The third-order valence-corrected chi connectivity index (χ3v) is 6.02. The summed E-state index contributed by atoms with van der Waals surface area (Å²) in [4.78, 5) is 12.6. The fraction of sp³-hybridized carbons (Fsp3) is 0.320. The van der Waals surface area contributed by atoms with Gasteiger partial charge in [-0.3, -0.25) is 9.36 Å². The molecule has 0 saturated carbocycles. The van der Waals surface area contributed by atoms with Gasteiger partial charge in [0.1, 0.15) is 12.4 Å². The molecule has 6 nitrogen and oxygen atoms in total. The van der Waals surface area contributed by atoms with Gasteiger partial charge in [-0.05, 0) is 42.5 Å². The van der Waals surface area contributed by atoms with Gasteiger partial charge >= 0.3 is 0 Å². The summed E-state index contributed by atoms with van der Waals surface area (Å²) >= 11 is 1.35. The summed E-state index contributed by atoms with van der Waals surface area (Å²) < 4.78 is 7.98. The molecule has 1 N–H and O–H groups in total. The van der Waals surface area contributed by atoms with Crippen LogP contribution in [0.5, 0.6) is 5.75 Å². The molecule has 0 saturated heterocycles. The van der Waals surface area contributed by atoms with Crippen LogP contribution in [0.4, 0.5) is 5.69 Å². The minimum absolute atomic E-state index is 0.0791. The number of anilines is 1. The molecule has 168 valence electrons. The Labute approximate surface area is 194 Å². The molecule has 0 aliphatic rings. The summed E-state index contributed by atoms with van der Waals surface area (Å²) in [5.74, 6) is 2.04. The Kier molecular flexibility index (Phi) is 8.11. The monoisotopic (exact) mass is 450 g/mol. The fourth-order valence-corrected chi connectivity index (χ4v) is 4.21. The molecule has 0 radical (unpaired) electrons. The van der Waals surface area contributed by atoms with Crippen LogP contribution in [0.1, 0.15) is 42.3 Å². The van der Waals surface area contributed by atoms with E-state index in [2.05, 4.69) is 35.9 Å². The van der Waals surface area contributed by atoms with E-state index < -0.39 is 0 Å². The molecule has 0 fully saturated rings. The number of allylic oxidation sites excluding steroid dienone is 1. The number of hydrogen-bond donors (Lipinski definition) is 1. The molecular weight excluding hydrogens is 420 g/mol. The first kappa shape index (κ1) is 23.6. The molecule has 3 rings (SSSR count). The van der Waals surface area contributed by atoms with Crippen molar-refractivity contribution in [1.82, 2.24) is 14.8 Å². The Morgan fingerprint density at radius 3 is 2.56 bits per heavy atom. The van der Waals surface area contributed by atoms with Crippen LogP contribution >= 0.6 is 11.8 Å². The van der Waals surface area contributed by atoms with Crippen molar-refractivity contribution in [3.63, 3.8) is 0 Å². The number of aromatic nitrogens is 3. The highest BCUT2D eigenvalue weighted by Gasteiger charge is 2.16. The van der Waals surface area contributed by atoms with Gasteiger partial charge in [0.2, 0.25) is 5.91 Å². The summed E-state index contributed by atoms with van der Waals surface area (Å²) in [6.45, 7) is 12.9. The van der Waals surface area contributed by atoms with Crippen LogP contribution in [0, 0.1) is 13.8 Å². The summed E-state index contributed by atoms with van der Waals surface area (Å²) in [7, 11) is 0. The predicted molar refractivity (Wildman–Crippen MR) is 130 cm³/mol. The lowest BCUT2D eigenvalue weighted by molar-refractivity contribution is -0.113. The second kappa shape index (κ2) is 11.0. The number of amides is 1. The summed E-state index contributed by atoms with van der Waals surface area (Å²) in [6, 6.07) is 13.9. The first-order valence-electron chi connectivity index (χ1n) is 10.6. The summed E-state index contributed by atoms with van der Waals surface area (Å²) in [5.41, 5.74) is 4.12. The zero-order valence-corrected chi connectivity index (χ0v) is 19.9. The number of aryl methyl sites for hydroxylation is 2. The number of carbonyl (C=O) groups excluding carboxylic acids is 1. The van der Waals surface area contributed by atoms with E-state index in [9.17, 15) is 4.79 Å². The van der Waals surface area contributed by atoms with Crippen LogP contribution in [-0.2, 0) is 17.9 Å². The second-order valence-corrected chi connectivity index (χ2v) is 8.83. The first-order chi connectivity index (χ1) is 15.4. The van der Waals surface area contributed by atoms with Crippen LogP contribution in [0.25, 0.3) is 0 Å². The van der Waals surface area contributed by atoms with Gasteiger partial charge in [-0.25, -0.2) is 0 Å². The van der Waals surface area contributed by atoms with Gasteiger partial charge in [-0.1, -0.05) is 68.1 Å². The number of nitrogens with one attached hydrogen (secondary N) is 1. The molecule has 3 aromatic rings. The van der Waals surface area contributed by atoms with Crippen molar-refractivity contribution < 1.29 is 9.53 Å². The third-order valence-electron chi connectivity index (χ3n) is 5.05. The van der Waals surface area contributed by atoms with Crippen molar-refractivity contribution in [3.8, 4) is 5.75 Å². The smallest absolute Gasteiger partial charge is 0.234 e. The highest BCUT2D eigenvalue weighted by Crippen LogP contribution is 2.26. The van der Waals surface area contributed by atoms with Crippen molar-refractivity contribution in [2.45, 2.75) is 51.9 Å². The standard InChI is InChI=1S/C25H30N4O2S/c1-6-14-29-22(15-31-24-18(4)10-9-11-19(24)5)27-28-25(29)32-16-23(30)26-21-13-8-7-12-20(21)17(2)3/h6-13,17H,1,14-16H2,2-5H3,(H,26,30). The number of benzene rings is 2. The third kappa shape index (κ3) is 5.79. The van der Waals surface area contributed by atoms with Crippen molar-refractivity contribution in [3.05, 3.63) is 77.6 Å². The highest BCUT2D eigenvalue weighted by atomic mass is 32.2. The predicted octanol–water partition coefficient (Wildman–Crippen LogP) is 5.51. The summed E-state index contributed by atoms with van der Waals surface area (Å²) in [6.07, 6.45) is 1.79. The Morgan fingerprint density at radius 2 is 1.88 bits per heavy atom. The number of rotatable bonds is 10. The number of hydrogen-bond acceptors (Lipinski definition) is 5. The van der Waals surface area contributed by atoms with Crippen molar-refractivity contribution >= 4 is 23.4 Å². The Hall–Kier alpha value is -3.06. The largest absolute Gasteiger partial charge is 0.485 e. The fourth-order valence-electron chi connectivity index (χ4n) is 3.44. The average molecular weight is 451 g/mol. The number of carbonyl (C=O) groups is 1. The molecule has 32 heavy (non-hydrogen) atoms. The van der Waals surface area contributed by atoms with Gasteiger partial charge in [-0.2, -0.15) is 0 Å². The van der Waals surface area contributed by atoms with Gasteiger partial charge in [0.15, 0.2) is 11.0 Å². The molecule has 0 aliphatic heterocycles. The van der Waals surface area contributed by atoms with E-state index >= 15 is 0 Å². The summed E-state index contributed by atoms with van der Waals surface area (Å²) in [5, 5.41) is 12.3. The maximum atomic E-state index is 12.6. The van der Waals surface area contributed by atoms with Gasteiger partial charge in [0.25, 0.3) is 0 Å². The molecular formula is C25H30N4O2S. The molecule has 0 atom stereocenters. The topological polar surface area (TPSA) is 69.0 Å². The van der Waals surface area contributed by atoms with Crippen LogP contribution in [-0.4, -0.2) is 26.4 Å². The minimum Gasteiger partial charge on any atom is -0.485 e. The van der Waals surface area contributed by atoms with Crippen LogP contribution in [0.15, 0.2) is 60.3 Å². The Balaban J connectivity index is 1.66. The number of thioether (sulfide) groups is 1. The average Bonchev–Trinajstić information content (AvgIpc) is 3.14. The van der Waals surface area contributed by atoms with E-state index in [1.807, 2.05) is 60.9 Å². The first-order valence-corrected chi connectivity index (χ1v) is 11.6. The molecule has 7 heteroatoms. The lowest BCUT2D eigenvalue weighted by Gasteiger charge is -2.14. The van der Waals surface area contributed by atoms with Crippen molar-refractivity contribution in [2.24, 2.45) is 0 Å². The number of ether oxygens (including phenoxy) is 1. The normalized spacial score (nSPS) is 10.9. The van der Waals surface area contributed by atoms with E-state index in [0.717, 1.165) is 28.1 Å². The molecule has 1 aromatic heterocycles. The molecule has 1 amide bonds. The van der Waals surface area contributed by atoms with Crippen LogP contribution < -0.4 is 10.1 Å². The minimum atomic E-state index is -0.0791. The van der Waals surface area contributed by atoms with Crippen LogP contribution in [0.2, 0.25) is 0 Å². The number of para-hydroxylation sites is 2. The van der Waals surface area contributed by atoms with Gasteiger partial charge in [0.05, 0.1) is 5.75 Å². The van der Waals surface area contributed by atoms with Gasteiger partial charge in [0, 0.05) is 12.2 Å². The molecule has 0 bridgehead atoms. The van der Waals surface area contributed by atoms with Crippen LogP contribution in [0.3, 0.4) is 0 Å².